The van der Waals surface area contributed by atoms with E-state index in [0.717, 1.165) is 6.29 Å². The van der Waals surface area contributed by atoms with E-state index in [-0.39, 0.29) is 24.2 Å². The highest BCUT2D eigenvalue weighted by atomic mass is 16.5. The molecule has 0 aliphatic carbocycles. The van der Waals surface area contributed by atoms with Crippen LogP contribution in [-0.4, -0.2) is 29.3 Å². The van der Waals surface area contributed by atoms with Crippen LogP contribution in [0.1, 0.15) is 47.0 Å². The van der Waals surface area contributed by atoms with Crippen LogP contribution in [0, 0.1) is 17.8 Å². The van der Waals surface area contributed by atoms with Crippen molar-refractivity contribution in [1.82, 2.24) is 10.8 Å². The zero-order chi connectivity index (χ0) is 15.7. The molecule has 20 heavy (non-hydrogen) atoms. The summed E-state index contributed by atoms with van der Waals surface area (Å²) in [5, 5.41) is 11.2. The molecular weight excluding hydrogens is 260 g/mol. The number of carbonyl (C=O) groups excluding carboxylic acids is 3. The molecule has 0 aromatic heterocycles. The fourth-order valence-corrected chi connectivity index (χ4v) is 2.08. The Kier molecular flexibility index (Phi) is 8.79. The van der Waals surface area contributed by atoms with E-state index in [1.807, 2.05) is 27.7 Å². The second kappa shape index (κ2) is 9.47. The Labute approximate surface area is 120 Å². The van der Waals surface area contributed by atoms with E-state index < -0.39 is 17.9 Å². The van der Waals surface area contributed by atoms with Crippen molar-refractivity contribution in [3.8, 4) is 0 Å². The molecule has 0 aromatic carbocycles. The largest absolute Gasteiger partial charge is 0.346 e. The van der Waals surface area contributed by atoms with Crippen molar-refractivity contribution in [2.75, 3.05) is 0 Å². The highest BCUT2D eigenvalue weighted by Gasteiger charge is 2.25. The first-order chi connectivity index (χ1) is 9.29. The molecule has 0 aliphatic heterocycles. The molecule has 2 atom stereocenters. The highest BCUT2D eigenvalue weighted by Crippen LogP contribution is 2.16. The van der Waals surface area contributed by atoms with Crippen LogP contribution in [0.15, 0.2) is 0 Å². The standard InChI is InChI=1S/C14H26N2O4/c1-9(2)5-11(7-13(18)16-20)14(19)15-12(8-17)6-10(3)4/h8-12,20H,5-7H2,1-4H3,(H,15,19)(H,16,18)/t11?,12-/m0/s1. The first-order valence-electron chi connectivity index (χ1n) is 6.98. The van der Waals surface area contributed by atoms with Gasteiger partial charge in [-0.3, -0.25) is 14.8 Å². The van der Waals surface area contributed by atoms with Crippen molar-refractivity contribution >= 4 is 18.1 Å². The summed E-state index contributed by atoms with van der Waals surface area (Å²) in [4.78, 5) is 34.3. The van der Waals surface area contributed by atoms with Gasteiger partial charge < -0.3 is 10.1 Å². The Balaban J connectivity index is 4.66. The van der Waals surface area contributed by atoms with E-state index in [2.05, 4.69) is 5.32 Å². The zero-order valence-electron chi connectivity index (χ0n) is 12.7. The Bertz CT molecular complexity index is 329. The number of hydrogen-bond donors (Lipinski definition) is 3. The summed E-state index contributed by atoms with van der Waals surface area (Å²) >= 11 is 0. The van der Waals surface area contributed by atoms with Crippen LogP contribution >= 0.6 is 0 Å². The Hall–Kier alpha value is -1.43. The van der Waals surface area contributed by atoms with Gasteiger partial charge in [0, 0.05) is 12.3 Å². The summed E-state index contributed by atoms with van der Waals surface area (Å²) < 4.78 is 0. The Morgan fingerprint density at radius 2 is 1.65 bits per heavy atom. The summed E-state index contributed by atoms with van der Waals surface area (Å²) in [5.41, 5.74) is 1.53. The van der Waals surface area contributed by atoms with Gasteiger partial charge in [-0.25, -0.2) is 5.48 Å². The van der Waals surface area contributed by atoms with Gasteiger partial charge in [-0.15, -0.1) is 0 Å². The van der Waals surface area contributed by atoms with Crippen LogP contribution in [0.25, 0.3) is 0 Å². The minimum atomic E-state index is -0.600. The predicted octanol–water partition coefficient (Wildman–Crippen LogP) is 1.27. The van der Waals surface area contributed by atoms with Crippen LogP contribution < -0.4 is 10.8 Å². The van der Waals surface area contributed by atoms with Gasteiger partial charge in [-0.2, -0.15) is 0 Å². The van der Waals surface area contributed by atoms with Crippen molar-refractivity contribution in [3.05, 3.63) is 0 Å². The van der Waals surface area contributed by atoms with Gasteiger partial charge in [0.25, 0.3) is 0 Å². The van der Waals surface area contributed by atoms with Crippen molar-refractivity contribution in [1.29, 1.82) is 0 Å². The molecule has 6 heteroatoms. The monoisotopic (exact) mass is 286 g/mol. The molecule has 0 fully saturated rings. The summed E-state index contributed by atoms with van der Waals surface area (Å²) in [6.07, 6.45) is 1.71. The number of amides is 2. The molecule has 6 nitrogen and oxygen atoms in total. The molecular formula is C14H26N2O4. The number of carbonyl (C=O) groups is 3. The number of hydrogen-bond acceptors (Lipinski definition) is 4. The topological polar surface area (TPSA) is 95.5 Å². The lowest BCUT2D eigenvalue weighted by Crippen LogP contribution is -2.42. The first-order valence-corrected chi connectivity index (χ1v) is 6.98. The third-order valence-corrected chi connectivity index (χ3v) is 2.90. The summed E-state index contributed by atoms with van der Waals surface area (Å²) in [5.74, 6) is -0.944. The van der Waals surface area contributed by atoms with Crippen LogP contribution in [0.4, 0.5) is 0 Å². The van der Waals surface area contributed by atoms with Gasteiger partial charge in [-0.1, -0.05) is 27.7 Å². The van der Waals surface area contributed by atoms with E-state index in [1.165, 1.54) is 5.48 Å². The van der Waals surface area contributed by atoms with E-state index >= 15 is 0 Å². The van der Waals surface area contributed by atoms with Crippen molar-refractivity contribution < 1.29 is 19.6 Å². The van der Waals surface area contributed by atoms with Gasteiger partial charge >= 0.3 is 0 Å². The SMILES string of the molecule is CC(C)CC(CC(=O)NO)C(=O)N[C@H](C=O)CC(C)C. The van der Waals surface area contributed by atoms with Gasteiger partial charge in [0.15, 0.2) is 0 Å². The second-order valence-corrected chi connectivity index (χ2v) is 5.95. The van der Waals surface area contributed by atoms with E-state index in [4.69, 9.17) is 5.21 Å². The number of rotatable bonds is 9. The molecule has 0 spiro atoms. The third-order valence-electron chi connectivity index (χ3n) is 2.90. The molecule has 0 saturated carbocycles. The second-order valence-electron chi connectivity index (χ2n) is 5.95. The summed E-state index contributed by atoms with van der Waals surface area (Å²) in [7, 11) is 0. The van der Waals surface area contributed by atoms with Crippen molar-refractivity contribution in [3.63, 3.8) is 0 Å². The molecule has 0 radical (unpaired) electrons. The smallest absolute Gasteiger partial charge is 0.244 e. The average molecular weight is 286 g/mol. The summed E-state index contributed by atoms with van der Waals surface area (Å²) in [6.45, 7) is 7.83. The van der Waals surface area contributed by atoms with Gasteiger partial charge in [0.05, 0.1) is 6.04 Å². The fraction of sp³-hybridized carbons (Fsp3) is 0.786. The van der Waals surface area contributed by atoms with E-state index in [9.17, 15) is 14.4 Å². The molecule has 1 unspecified atom stereocenters. The zero-order valence-corrected chi connectivity index (χ0v) is 12.7. The number of hydroxylamine groups is 1. The van der Waals surface area contributed by atoms with Crippen molar-refractivity contribution in [2.24, 2.45) is 17.8 Å². The molecule has 0 saturated heterocycles. The summed E-state index contributed by atoms with van der Waals surface area (Å²) in [6, 6.07) is -0.533. The minimum absolute atomic E-state index is 0.0895. The van der Waals surface area contributed by atoms with Gasteiger partial charge in [0.1, 0.15) is 6.29 Å². The molecule has 0 aromatic rings. The Morgan fingerprint density at radius 3 is 2.05 bits per heavy atom. The van der Waals surface area contributed by atoms with E-state index in [0.29, 0.717) is 12.8 Å². The van der Waals surface area contributed by atoms with Crippen LogP contribution in [0.5, 0.6) is 0 Å². The van der Waals surface area contributed by atoms with Gasteiger partial charge in [-0.05, 0) is 24.7 Å². The van der Waals surface area contributed by atoms with Crippen LogP contribution in [-0.2, 0) is 14.4 Å². The number of nitrogens with one attached hydrogen (secondary N) is 2. The quantitative estimate of drug-likeness (QED) is 0.338. The molecule has 0 heterocycles. The molecule has 116 valence electrons. The van der Waals surface area contributed by atoms with Crippen LogP contribution in [0.2, 0.25) is 0 Å². The van der Waals surface area contributed by atoms with Gasteiger partial charge in [0.2, 0.25) is 11.8 Å². The lowest BCUT2D eigenvalue weighted by Gasteiger charge is -2.21. The molecule has 0 aliphatic rings. The predicted molar refractivity (Wildman–Crippen MR) is 74.9 cm³/mol. The normalized spacial score (nSPS) is 13.9. The molecule has 3 N–H and O–H groups in total. The molecule has 0 bridgehead atoms. The van der Waals surface area contributed by atoms with E-state index in [1.54, 1.807) is 0 Å². The first kappa shape index (κ1) is 18.6. The minimum Gasteiger partial charge on any atom is -0.346 e. The highest BCUT2D eigenvalue weighted by molar-refractivity contribution is 5.86. The van der Waals surface area contributed by atoms with Crippen LogP contribution in [0.3, 0.4) is 0 Å². The average Bonchev–Trinajstić information content (AvgIpc) is 2.35. The molecule has 0 rings (SSSR count). The Morgan fingerprint density at radius 1 is 1.10 bits per heavy atom. The maximum Gasteiger partial charge on any atom is 0.244 e. The fourth-order valence-electron chi connectivity index (χ4n) is 2.08. The maximum absolute atomic E-state index is 12.1. The lowest BCUT2D eigenvalue weighted by molar-refractivity contribution is -0.135. The molecule has 2 amide bonds. The number of aldehydes is 1. The maximum atomic E-state index is 12.1. The third kappa shape index (κ3) is 7.89. The van der Waals surface area contributed by atoms with Crippen molar-refractivity contribution in [2.45, 2.75) is 53.0 Å². The lowest BCUT2D eigenvalue weighted by atomic mass is 9.92.